The minimum absolute atomic E-state index is 0.0210. The molecule has 0 unspecified atom stereocenters. The summed E-state index contributed by atoms with van der Waals surface area (Å²) >= 11 is 0. The maximum absolute atomic E-state index is 13.4. The molecule has 2 rings (SSSR count). The van der Waals surface area contributed by atoms with E-state index in [9.17, 15) is 17.6 Å². The van der Waals surface area contributed by atoms with Gasteiger partial charge >= 0.3 is 6.36 Å². The van der Waals surface area contributed by atoms with Crippen molar-refractivity contribution in [2.45, 2.75) is 12.9 Å². The number of rotatable bonds is 5. The fourth-order valence-electron chi connectivity index (χ4n) is 1.93. The summed E-state index contributed by atoms with van der Waals surface area (Å²) in [6.45, 7) is 0.0994. The molecule has 0 aliphatic rings. The Hall–Kier alpha value is -2.97. The molecule has 2 aromatic rings. The molecule has 134 valence electrons. The van der Waals surface area contributed by atoms with Crippen LogP contribution in [0.1, 0.15) is 5.56 Å². The van der Waals surface area contributed by atoms with E-state index in [2.05, 4.69) is 15.0 Å². The molecule has 0 fully saturated rings. The predicted molar refractivity (Wildman–Crippen MR) is 85.0 cm³/mol. The van der Waals surface area contributed by atoms with Crippen molar-refractivity contribution in [3.63, 3.8) is 0 Å². The van der Waals surface area contributed by atoms with Crippen molar-refractivity contribution in [3.05, 3.63) is 53.8 Å². The molecule has 25 heavy (non-hydrogen) atoms. The molecule has 0 atom stereocenters. The van der Waals surface area contributed by atoms with Gasteiger partial charge < -0.3 is 20.5 Å². The molecule has 0 aromatic heterocycles. The third-order valence-corrected chi connectivity index (χ3v) is 2.96. The number of hydrogen-bond acceptors (Lipinski definition) is 3. The molecule has 0 aliphatic carbocycles. The first kappa shape index (κ1) is 18.4. The first-order valence-electron chi connectivity index (χ1n) is 7.01. The number of nitrogens with one attached hydrogen (secondary N) is 1. The predicted octanol–water partition coefficient (Wildman–Crippen LogP) is 3.66. The Bertz CT molecular complexity index is 746. The number of nitrogens with zero attached hydrogens (tertiary/aromatic N) is 1. The topological polar surface area (TPSA) is 68.9 Å². The summed E-state index contributed by atoms with van der Waals surface area (Å²) in [6, 6.07) is 9.13. The summed E-state index contributed by atoms with van der Waals surface area (Å²) < 4.78 is 58.3. The van der Waals surface area contributed by atoms with E-state index < -0.39 is 12.2 Å². The normalized spacial score (nSPS) is 12.0. The Labute approximate surface area is 141 Å². The fourth-order valence-corrected chi connectivity index (χ4v) is 1.93. The first-order chi connectivity index (χ1) is 11.7. The number of methoxy groups -OCH3 is 1. The lowest BCUT2D eigenvalue weighted by Crippen LogP contribution is -2.22. The zero-order valence-corrected chi connectivity index (χ0v) is 13.1. The number of aliphatic imine (C=N–C) groups is 1. The van der Waals surface area contributed by atoms with Gasteiger partial charge in [0, 0.05) is 11.8 Å². The minimum Gasteiger partial charge on any atom is -0.497 e. The number of guanidine groups is 1. The van der Waals surface area contributed by atoms with Gasteiger partial charge in [0.25, 0.3) is 0 Å². The standard InChI is InChI=1S/C16H15F4N3O2/c1-24-14-7-10(6-11(17)8-14)9-22-15(21)23-12-2-4-13(5-3-12)25-16(18,19)20/h2-8H,9H2,1H3,(H3,21,22,23). The van der Waals surface area contributed by atoms with E-state index in [0.717, 1.165) is 12.1 Å². The van der Waals surface area contributed by atoms with Crippen molar-refractivity contribution >= 4 is 11.6 Å². The number of anilines is 1. The van der Waals surface area contributed by atoms with E-state index in [0.29, 0.717) is 17.0 Å². The number of halogens is 4. The molecular weight excluding hydrogens is 342 g/mol. The van der Waals surface area contributed by atoms with E-state index in [4.69, 9.17) is 10.5 Å². The lowest BCUT2D eigenvalue weighted by Gasteiger charge is -2.10. The van der Waals surface area contributed by atoms with E-state index in [1.54, 1.807) is 6.07 Å². The van der Waals surface area contributed by atoms with Gasteiger partial charge in [0.1, 0.15) is 17.3 Å². The molecule has 0 bridgehead atoms. The third-order valence-electron chi connectivity index (χ3n) is 2.96. The SMILES string of the molecule is COc1cc(F)cc(CN=C(N)Nc2ccc(OC(F)(F)F)cc2)c1. The number of ether oxygens (including phenoxy) is 2. The highest BCUT2D eigenvalue weighted by Crippen LogP contribution is 2.24. The summed E-state index contributed by atoms with van der Waals surface area (Å²) in [5, 5.41) is 2.71. The quantitative estimate of drug-likeness (QED) is 0.487. The van der Waals surface area contributed by atoms with Gasteiger partial charge in [-0.05, 0) is 42.0 Å². The molecule has 0 saturated heterocycles. The minimum atomic E-state index is -4.75. The number of nitrogens with two attached hydrogens (primary N) is 1. The van der Waals surface area contributed by atoms with Crippen molar-refractivity contribution in [3.8, 4) is 11.5 Å². The van der Waals surface area contributed by atoms with Crippen LogP contribution in [0.3, 0.4) is 0 Å². The summed E-state index contributed by atoms with van der Waals surface area (Å²) in [5.41, 5.74) is 6.68. The van der Waals surface area contributed by atoms with E-state index in [-0.39, 0.29) is 18.3 Å². The summed E-state index contributed by atoms with van der Waals surface area (Å²) in [5.74, 6) is -0.429. The Balaban J connectivity index is 1.98. The van der Waals surface area contributed by atoms with Crippen molar-refractivity contribution in [1.82, 2.24) is 0 Å². The second kappa shape index (κ2) is 7.73. The van der Waals surface area contributed by atoms with Crippen molar-refractivity contribution in [1.29, 1.82) is 0 Å². The highest BCUT2D eigenvalue weighted by atomic mass is 19.4. The maximum Gasteiger partial charge on any atom is 0.573 e. The van der Waals surface area contributed by atoms with Gasteiger partial charge in [0.05, 0.1) is 13.7 Å². The van der Waals surface area contributed by atoms with E-state index in [1.807, 2.05) is 0 Å². The Morgan fingerprint density at radius 1 is 1.12 bits per heavy atom. The zero-order chi connectivity index (χ0) is 18.4. The van der Waals surface area contributed by atoms with Crippen molar-refractivity contribution in [2.24, 2.45) is 10.7 Å². The van der Waals surface area contributed by atoms with Gasteiger partial charge in [-0.15, -0.1) is 13.2 Å². The van der Waals surface area contributed by atoms with Crippen LogP contribution in [0.2, 0.25) is 0 Å². The Kier molecular flexibility index (Phi) is 5.68. The van der Waals surface area contributed by atoms with Crippen molar-refractivity contribution < 1.29 is 27.0 Å². The van der Waals surface area contributed by atoms with Crippen LogP contribution < -0.4 is 20.5 Å². The fraction of sp³-hybridized carbons (Fsp3) is 0.188. The van der Waals surface area contributed by atoms with Crippen LogP contribution in [0.15, 0.2) is 47.5 Å². The Morgan fingerprint density at radius 2 is 1.80 bits per heavy atom. The average Bonchev–Trinajstić information content (AvgIpc) is 2.53. The lowest BCUT2D eigenvalue weighted by molar-refractivity contribution is -0.274. The van der Waals surface area contributed by atoms with Gasteiger partial charge in [0.2, 0.25) is 0 Å². The zero-order valence-electron chi connectivity index (χ0n) is 13.1. The van der Waals surface area contributed by atoms with Gasteiger partial charge in [-0.1, -0.05) is 0 Å². The summed E-state index contributed by atoms with van der Waals surface area (Å²) in [7, 11) is 1.42. The second-order valence-electron chi connectivity index (χ2n) is 4.90. The molecule has 2 aromatic carbocycles. The first-order valence-corrected chi connectivity index (χ1v) is 7.01. The van der Waals surface area contributed by atoms with Crippen LogP contribution in [-0.2, 0) is 6.54 Å². The van der Waals surface area contributed by atoms with Gasteiger partial charge in [-0.2, -0.15) is 0 Å². The van der Waals surface area contributed by atoms with Crippen LogP contribution in [-0.4, -0.2) is 19.4 Å². The van der Waals surface area contributed by atoms with Crippen molar-refractivity contribution in [2.75, 3.05) is 12.4 Å². The van der Waals surface area contributed by atoms with Gasteiger partial charge in [0.15, 0.2) is 5.96 Å². The average molecular weight is 357 g/mol. The number of hydrogen-bond donors (Lipinski definition) is 2. The molecule has 0 spiro atoms. The number of alkyl halides is 3. The highest BCUT2D eigenvalue weighted by Gasteiger charge is 2.30. The molecule has 9 heteroatoms. The summed E-state index contributed by atoms with van der Waals surface area (Å²) in [6.07, 6.45) is -4.75. The molecule has 0 radical (unpaired) electrons. The molecule has 0 heterocycles. The van der Waals surface area contributed by atoms with Gasteiger partial charge in [-0.25, -0.2) is 9.38 Å². The smallest absolute Gasteiger partial charge is 0.497 e. The summed E-state index contributed by atoms with van der Waals surface area (Å²) in [4.78, 5) is 4.04. The molecule has 5 nitrogen and oxygen atoms in total. The molecule has 0 saturated carbocycles. The van der Waals surface area contributed by atoms with E-state index in [1.165, 1.54) is 31.4 Å². The number of benzene rings is 2. The van der Waals surface area contributed by atoms with Crippen LogP contribution in [0.5, 0.6) is 11.5 Å². The highest BCUT2D eigenvalue weighted by molar-refractivity contribution is 5.92. The maximum atomic E-state index is 13.4. The largest absolute Gasteiger partial charge is 0.573 e. The van der Waals surface area contributed by atoms with Crippen LogP contribution in [0, 0.1) is 5.82 Å². The van der Waals surface area contributed by atoms with E-state index >= 15 is 0 Å². The monoisotopic (exact) mass is 357 g/mol. The molecular formula is C16H15F4N3O2. The van der Waals surface area contributed by atoms with Crippen LogP contribution >= 0.6 is 0 Å². The molecule has 3 N–H and O–H groups in total. The van der Waals surface area contributed by atoms with Crippen LogP contribution in [0.25, 0.3) is 0 Å². The third kappa shape index (κ3) is 6.21. The Morgan fingerprint density at radius 3 is 2.40 bits per heavy atom. The lowest BCUT2D eigenvalue weighted by atomic mass is 10.2. The molecule has 0 aliphatic heterocycles. The van der Waals surface area contributed by atoms with Gasteiger partial charge in [-0.3, -0.25) is 0 Å². The van der Waals surface area contributed by atoms with Crippen LogP contribution in [0.4, 0.5) is 23.2 Å². The second-order valence-corrected chi connectivity index (χ2v) is 4.90. The molecule has 0 amide bonds.